The van der Waals surface area contributed by atoms with Crippen LogP contribution in [0.3, 0.4) is 0 Å². The van der Waals surface area contributed by atoms with E-state index in [1.807, 2.05) is 0 Å². The third kappa shape index (κ3) is 57.4. The number of unbranched alkanes of at least 4 members (excludes halogenated alkanes) is 30. The van der Waals surface area contributed by atoms with E-state index in [0.29, 0.717) is 19.3 Å². The van der Waals surface area contributed by atoms with E-state index in [1.54, 1.807) is 0 Å². The molecule has 0 aliphatic heterocycles. The molecule has 0 aromatic heterocycles. The van der Waals surface area contributed by atoms with Crippen molar-refractivity contribution in [3.8, 4) is 0 Å². The van der Waals surface area contributed by atoms with Crippen LogP contribution >= 0.6 is 0 Å². The van der Waals surface area contributed by atoms with Crippen molar-refractivity contribution in [2.24, 2.45) is 0 Å². The van der Waals surface area contributed by atoms with Gasteiger partial charge in [-0.3, -0.25) is 14.4 Å². The molecule has 0 bridgehead atoms. The minimum atomic E-state index is -0.787. The highest BCUT2D eigenvalue weighted by atomic mass is 16.6. The van der Waals surface area contributed by atoms with E-state index in [9.17, 15) is 14.4 Å². The van der Waals surface area contributed by atoms with Gasteiger partial charge in [-0.25, -0.2) is 0 Å². The van der Waals surface area contributed by atoms with Crippen LogP contribution in [-0.2, 0) is 28.6 Å². The molecule has 0 aromatic carbocycles. The van der Waals surface area contributed by atoms with Gasteiger partial charge in [0.05, 0.1) is 0 Å². The first-order chi connectivity index (χ1) is 35.0. The van der Waals surface area contributed by atoms with Crippen molar-refractivity contribution in [2.75, 3.05) is 13.2 Å². The van der Waals surface area contributed by atoms with Gasteiger partial charge in [0.2, 0.25) is 0 Å². The zero-order valence-corrected chi connectivity index (χ0v) is 46.7. The van der Waals surface area contributed by atoms with Gasteiger partial charge in [-0.15, -0.1) is 0 Å². The normalized spacial score (nSPS) is 12.7. The van der Waals surface area contributed by atoms with Crippen LogP contribution in [0.1, 0.15) is 290 Å². The summed E-state index contributed by atoms with van der Waals surface area (Å²) in [6.45, 7) is 6.49. The molecule has 6 heteroatoms. The Morgan fingerprint density at radius 1 is 0.310 bits per heavy atom. The van der Waals surface area contributed by atoms with Gasteiger partial charge < -0.3 is 14.2 Å². The van der Waals surface area contributed by atoms with Gasteiger partial charge in [0, 0.05) is 19.3 Å². The summed E-state index contributed by atoms with van der Waals surface area (Å²) in [6, 6.07) is 0. The van der Waals surface area contributed by atoms with Crippen molar-refractivity contribution in [1.29, 1.82) is 0 Å². The quantitative estimate of drug-likeness (QED) is 0.0199. The van der Waals surface area contributed by atoms with Gasteiger partial charge in [0.15, 0.2) is 6.10 Å². The van der Waals surface area contributed by atoms with Crippen LogP contribution < -0.4 is 0 Å². The highest BCUT2D eigenvalue weighted by Crippen LogP contribution is 2.15. The van der Waals surface area contributed by atoms with Gasteiger partial charge in [-0.1, -0.05) is 247 Å². The molecule has 408 valence electrons. The molecule has 0 saturated carbocycles. The van der Waals surface area contributed by atoms with Gasteiger partial charge in [0.1, 0.15) is 13.2 Å². The summed E-state index contributed by atoms with van der Waals surface area (Å²) in [5.74, 6) is -0.897. The smallest absolute Gasteiger partial charge is 0.306 e. The SMILES string of the molecule is CC/C=C\C/C=C\C/C=C\C/C=C\CCCCCCCCC(=O)OCC(COC(=O)CCCCCCCCC/C=C\CCCCCC)OC(=O)CCCCCCCCCCCC/C=C\C=C/CCCCC. The summed E-state index contributed by atoms with van der Waals surface area (Å²) in [4.78, 5) is 38.3. The maximum atomic E-state index is 12.9. The van der Waals surface area contributed by atoms with Crippen LogP contribution in [0, 0.1) is 0 Å². The first-order valence-corrected chi connectivity index (χ1v) is 30.1. The molecule has 0 N–H and O–H groups in total. The van der Waals surface area contributed by atoms with Gasteiger partial charge in [-0.05, 0) is 109 Å². The molecule has 71 heavy (non-hydrogen) atoms. The molecule has 0 amide bonds. The van der Waals surface area contributed by atoms with Crippen molar-refractivity contribution in [1.82, 2.24) is 0 Å². The van der Waals surface area contributed by atoms with E-state index < -0.39 is 6.10 Å². The van der Waals surface area contributed by atoms with Crippen LogP contribution in [0.15, 0.2) is 85.1 Å². The second kappa shape index (κ2) is 59.2. The lowest BCUT2D eigenvalue weighted by molar-refractivity contribution is -0.167. The van der Waals surface area contributed by atoms with Gasteiger partial charge in [0.25, 0.3) is 0 Å². The first kappa shape index (κ1) is 67.6. The third-order valence-electron chi connectivity index (χ3n) is 12.9. The number of rotatable bonds is 54. The van der Waals surface area contributed by atoms with Crippen molar-refractivity contribution < 1.29 is 28.6 Å². The number of hydrogen-bond acceptors (Lipinski definition) is 6. The lowest BCUT2D eigenvalue weighted by atomic mass is 10.1. The van der Waals surface area contributed by atoms with E-state index in [2.05, 4.69) is 106 Å². The molecule has 1 unspecified atom stereocenters. The standard InChI is InChI=1S/C65H112O6/c1-4-7-10-13-16-19-22-25-28-30-32-34-37-40-43-46-49-52-55-58-64(67)70-61-62(60-69-63(66)57-54-51-48-45-42-39-36-27-24-21-18-15-12-9-6-3)71-65(68)59-56-53-50-47-44-41-38-35-33-31-29-26-23-20-17-14-11-8-5-2/h7,10,16-17,19-21,23-26,28,32,34,62H,4-6,8-9,11-15,18,22,27,29-31,33,35-61H2,1-3H3/b10-7-,19-16-,20-17-,24-21-,26-23-,28-25-,34-32-. The minimum Gasteiger partial charge on any atom is -0.462 e. The Kier molecular flexibility index (Phi) is 56.3. The number of hydrogen-bond donors (Lipinski definition) is 0. The fraction of sp³-hybridized carbons (Fsp3) is 0.738. The van der Waals surface area contributed by atoms with E-state index >= 15 is 0 Å². The summed E-state index contributed by atoms with van der Waals surface area (Å²) >= 11 is 0. The topological polar surface area (TPSA) is 78.9 Å². The maximum Gasteiger partial charge on any atom is 0.306 e. The molecule has 0 heterocycles. The average Bonchev–Trinajstić information content (AvgIpc) is 3.37. The lowest BCUT2D eigenvalue weighted by Gasteiger charge is -2.18. The molecule has 0 aliphatic rings. The van der Waals surface area contributed by atoms with Gasteiger partial charge >= 0.3 is 17.9 Å². The fourth-order valence-electron chi connectivity index (χ4n) is 8.36. The Hall–Kier alpha value is -3.41. The number of carbonyl (C=O) groups is 3. The molecule has 6 nitrogen and oxygen atoms in total. The molecular weight excluding hydrogens is 877 g/mol. The molecule has 0 rings (SSSR count). The summed E-state index contributed by atoms with van der Waals surface area (Å²) in [5, 5.41) is 0. The van der Waals surface area contributed by atoms with Crippen LogP contribution in [0.4, 0.5) is 0 Å². The Morgan fingerprint density at radius 2 is 0.592 bits per heavy atom. The largest absolute Gasteiger partial charge is 0.462 e. The van der Waals surface area contributed by atoms with Crippen LogP contribution in [0.25, 0.3) is 0 Å². The van der Waals surface area contributed by atoms with E-state index in [4.69, 9.17) is 14.2 Å². The number of carbonyl (C=O) groups excluding carboxylic acids is 3. The second-order valence-electron chi connectivity index (χ2n) is 19.9. The molecule has 0 saturated heterocycles. The second-order valence-corrected chi connectivity index (χ2v) is 19.9. The highest BCUT2D eigenvalue weighted by Gasteiger charge is 2.19. The molecule has 0 fully saturated rings. The van der Waals surface area contributed by atoms with Crippen LogP contribution in [0.5, 0.6) is 0 Å². The van der Waals surface area contributed by atoms with E-state index in [0.717, 1.165) is 89.9 Å². The summed E-state index contributed by atoms with van der Waals surface area (Å²) in [6.07, 6.45) is 77.1. The summed E-state index contributed by atoms with van der Waals surface area (Å²) in [5.41, 5.74) is 0. The predicted molar refractivity (Wildman–Crippen MR) is 307 cm³/mol. The van der Waals surface area contributed by atoms with Crippen molar-refractivity contribution in [3.63, 3.8) is 0 Å². The molecule has 0 radical (unpaired) electrons. The highest BCUT2D eigenvalue weighted by molar-refractivity contribution is 5.71. The van der Waals surface area contributed by atoms with Crippen LogP contribution in [-0.4, -0.2) is 37.2 Å². The van der Waals surface area contributed by atoms with E-state index in [-0.39, 0.29) is 31.1 Å². The zero-order valence-electron chi connectivity index (χ0n) is 46.7. The lowest BCUT2D eigenvalue weighted by Crippen LogP contribution is -2.30. The third-order valence-corrected chi connectivity index (χ3v) is 12.9. The molecular formula is C65H112O6. The van der Waals surface area contributed by atoms with E-state index in [1.165, 1.54) is 161 Å². The fourth-order valence-corrected chi connectivity index (χ4v) is 8.36. The minimum absolute atomic E-state index is 0.0841. The maximum absolute atomic E-state index is 12.9. The number of ether oxygens (including phenoxy) is 3. The monoisotopic (exact) mass is 989 g/mol. The Balaban J connectivity index is 4.41. The Morgan fingerprint density at radius 3 is 0.986 bits per heavy atom. The summed E-state index contributed by atoms with van der Waals surface area (Å²) in [7, 11) is 0. The molecule has 0 aromatic rings. The number of allylic oxidation sites excluding steroid dienone is 14. The van der Waals surface area contributed by atoms with Crippen molar-refractivity contribution in [3.05, 3.63) is 85.1 Å². The number of esters is 3. The Labute approximate surface area is 439 Å². The Bertz CT molecular complexity index is 1370. The van der Waals surface area contributed by atoms with Gasteiger partial charge in [-0.2, -0.15) is 0 Å². The summed E-state index contributed by atoms with van der Waals surface area (Å²) < 4.78 is 16.9. The molecule has 0 spiro atoms. The molecule has 1 atom stereocenters. The average molecular weight is 990 g/mol. The van der Waals surface area contributed by atoms with Crippen molar-refractivity contribution >= 4 is 17.9 Å². The molecule has 0 aliphatic carbocycles. The first-order valence-electron chi connectivity index (χ1n) is 30.1. The van der Waals surface area contributed by atoms with Crippen LogP contribution in [0.2, 0.25) is 0 Å². The predicted octanol–water partition coefficient (Wildman–Crippen LogP) is 20.3. The van der Waals surface area contributed by atoms with Crippen molar-refractivity contribution in [2.45, 2.75) is 297 Å². The zero-order chi connectivity index (χ0) is 51.4.